The Morgan fingerprint density at radius 1 is 1.33 bits per heavy atom. The summed E-state index contributed by atoms with van der Waals surface area (Å²) in [5.41, 5.74) is 3.11. The maximum atomic E-state index is 6.23. The van der Waals surface area contributed by atoms with Crippen LogP contribution in [0.1, 0.15) is 30.1 Å². The molecule has 3 rings (SSSR count). The highest BCUT2D eigenvalue weighted by Gasteiger charge is 2.26. The van der Waals surface area contributed by atoms with Gasteiger partial charge in [0.1, 0.15) is 0 Å². The van der Waals surface area contributed by atoms with Crippen LogP contribution in [0.5, 0.6) is 0 Å². The van der Waals surface area contributed by atoms with Crippen LogP contribution < -0.4 is 5.32 Å². The normalized spacial score (nSPS) is 14.8. The number of aryl methyl sites for hydroxylation is 2. The van der Waals surface area contributed by atoms with Gasteiger partial charge in [0.15, 0.2) is 0 Å². The standard InChI is InChI=1S/C14H16ClN3/c1-9-3-6-13(12(15)7-9)17-14-16-10(2)8-18(14)11-4-5-11/h3,6-8,11H,4-5H2,1-2H3,(H,16,17). The molecular formula is C14H16ClN3. The molecule has 94 valence electrons. The molecule has 1 N–H and O–H groups in total. The summed E-state index contributed by atoms with van der Waals surface area (Å²) in [6, 6.07) is 6.61. The summed E-state index contributed by atoms with van der Waals surface area (Å²) in [6.45, 7) is 4.05. The fraction of sp³-hybridized carbons (Fsp3) is 0.357. The number of halogens is 1. The molecule has 1 fully saturated rings. The van der Waals surface area contributed by atoms with Crippen LogP contribution in [0.4, 0.5) is 11.6 Å². The molecule has 0 bridgehead atoms. The highest BCUT2D eigenvalue weighted by atomic mass is 35.5. The van der Waals surface area contributed by atoms with Crippen molar-refractivity contribution in [3.05, 3.63) is 40.7 Å². The van der Waals surface area contributed by atoms with E-state index in [1.54, 1.807) is 0 Å². The molecule has 1 aromatic carbocycles. The number of anilines is 2. The molecule has 1 aliphatic rings. The quantitative estimate of drug-likeness (QED) is 0.896. The van der Waals surface area contributed by atoms with Gasteiger partial charge >= 0.3 is 0 Å². The highest BCUT2D eigenvalue weighted by molar-refractivity contribution is 6.33. The van der Waals surface area contributed by atoms with Crippen molar-refractivity contribution < 1.29 is 0 Å². The molecule has 2 aromatic rings. The molecule has 0 radical (unpaired) electrons. The molecule has 0 saturated heterocycles. The van der Waals surface area contributed by atoms with E-state index in [0.717, 1.165) is 27.9 Å². The van der Waals surface area contributed by atoms with Crippen molar-refractivity contribution >= 4 is 23.2 Å². The lowest BCUT2D eigenvalue weighted by Gasteiger charge is -2.10. The number of benzene rings is 1. The first-order valence-electron chi connectivity index (χ1n) is 6.22. The van der Waals surface area contributed by atoms with Crippen molar-refractivity contribution in [2.24, 2.45) is 0 Å². The van der Waals surface area contributed by atoms with Gasteiger partial charge in [-0.15, -0.1) is 0 Å². The van der Waals surface area contributed by atoms with Gasteiger partial charge in [0.2, 0.25) is 5.95 Å². The molecule has 0 spiro atoms. The van der Waals surface area contributed by atoms with Crippen LogP contribution in [0.15, 0.2) is 24.4 Å². The minimum Gasteiger partial charge on any atom is -0.324 e. The van der Waals surface area contributed by atoms with Gasteiger partial charge in [-0.1, -0.05) is 17.7 Å². The van der Waals surface area contributed by atoms with Crippen molar-refractivity contribution in [1.82, 2.24) is 9.55 Å². The minimum absolute atomic E-state index is 0.609. The summed E-state index contributed by atoms with van der Waals surface area (Å²) >= 11 is 6.23. The lowest BCUT2D eigenvalue weighted by Crippen LogP contribution is -2.01. The number of imidazole rings is 1. The number of rotatable bonds is 3. The van der Waals surface area contributed by atoms with Gasteiger partial charge in [0.25, 0.3) is 0 Å². The number of hydrogen-bond acceptors (Lipinski definition) is 2. The molecule has 0 atom stereocenters. The molecular weight excluding hydrogens is 246 g/mol. The molecule has 1 aliphatic carbocycles. The third-order valence-corrected chi connectivity index (χ3v) is 3.48. The van der Waals surface area contributed by atoms with E-state index in [-0.39, 0.29) is 0 Å². The maximum Gasteiger partial charge on any atom is 0.207 e. The fourth-order valence-corrected chi connectivity index (χ4v) is 2.36. The zero-order valence-electron chi connectivity index (χ0n) is 10.6. The second-order valence-electron chi connectivity index (χ2n) is 4.95. The first kappa shape index (κ1) is 11.6. The van der Waals surface area contributed by atoms with E-state index < -0.39 is 0 Å². The van der Waals surface area contributed by atoms with Crippen molar-refractivity contribution in [3.8, 4) is 0 Å². The summed E-state index contributed by atoms with van der Waals surface area (Å²) in [4.78, 5) is 4.52. The molecule has 4 heteroatoms. The highest BCUT2D eigenvalue weighted by Crippen LogP contribution is 2.38. The number of nitrogens with one attached hydrogen (secondary N) is 1. The second-order valence-corrected chi connectivity index (χ2v) is 5.36. The minimum atomic E-state index is 0.609. The number of aromatic nitrogens is 2. The van der Waals surface area contributed by atoms with Crippen molar-refractivity contribution in [2.75, 3.05) is 5.32 Å². The first-order valence-corrected chi connectivity index (χ1v) is 6.60. The first-order chi connectivity index (χ1) is 8.63. The Labute approximate surface area is 112 Å². The monoisotopic (exact) mass is 261 g/mol. The molecule has 1 saturated carbocycles. The third-order valence-electron chi connectivity index (χ3n) is 3.16. The van der Waals surface area contributed by atoms with E-state index in [1.807, 2.05) is 32.0 Å². The Balaban J connectivity index is 1.91. The van der Waals surface area contributed by atoms with Crippen molar-refractivity contribution in [1.29, 1.82) is 0 Å². The van der Waals surface area contributed by atoms with E-state index in [2.05, 4.69) is 21.1 Å². The average Bonchev–Trinajstić information content (AvgIpc) is 3.08. The van der Waals surface area contributed by atoms with Crippen LogP contribution in [0.3, 0.4) is 0 Å². The summed E-state index contributed by atoms with van der Waals surface area (Å²) in [7, 11) is 0. The molecule has 0 unspecified atom stereocenters. The number of hydrogen-bond donors (Lipinski definition) is 1. The largest absolute Gasteiger partial charge is 0.324 e. The summed E-state index contributed by atoms with van der Waals surface area (Å²) < 4.78 is 2.21. The van der Waals surface area contributed by atoms with Crippen LogP contribution in [0, 0.1) is 13.8 Å². The van der Waals surface area contributed by atoms with Gasteiger partial charge in [-0.05, 0) is 44.4 Å². The van der Waals surface area contributed by atoms with Gasteiger partial charge in [-0.25, -0.2) is 4.98 Å². The predicted octanol–water partition coefficient (Wildman–Crippen LogP) is 4.23. The summed E-state index contributed by atoms with van der Waals surface area (Å²) in [5.74, 6) is 0.890. The van der Waals surface area contributed by atoms with Gasteiger partial charge in [-0.3, -0.25) is 0 Å². The number of nitrogens with zero attached hydrogens (tertiary/aromatic N) is 2. The molecule has 3 nitrogen and oxygen atoms in total. The van der Waals surface area contributed by atoms with Crippen molar-refractivity contribution in [2.45, 2.75) is 32.7 Å². The second kappa shape index (κ2) is 4.32. The van der Waals surface area contributed by atoms with Crippen LogP contribution in [0.25, 0.3) is 0 Å². The Bertz CT molecular complexity index is 585. The molecule has 18 heavy (non-hydrogen) atoms. The van der Waals surface area contributed by atoms with Crippen LogP contribution in [-0.4, -0.2) is 9.55 Å². The van der Waals surface area contributed by atoms with Gasteiger partial charge in [-0.2, -0.15) is 0 Å². The lowest BCUT2D eigenvalue weighted by atomic mass is 10.2. The zero-order chi connectivity index (χ0) is 12.7. The van der Waals surface area contributed by atoms with E-state index in [9.17, 15) is 0 Å². The van der Waals surface area contributed by atoms with E-state index in [4.69, 9.17) is 11.6 Å². The molecule has 1 aromatic heterocycles. The van der Waals surface area contributed by atoms with E-state index >= 15 is 0 Å². The third kappa shape index (κ3) is 2.23. The molecule has 0 amide bonds. The molecule has 1 heterocycles. The smallest absolute Gasteiger partial charge is 0.207 e. The zero-order valence-corrected chi connectivity index (χ0v) is 11.3. The fourth-order valence-electron chi connectivity index (χ4n) is 2.08. The molecule has 0 aliphatic heterocycles. The Morgan fingerprint density at radius 3 is 2.78 bits per heavy atom. The Morgan fingerprint density at radius 2 is 2.11 bits per heavy atom. The average molecular weight is 262 g/mol. The lowest BCUT2D eigenvalue weighted by molar-refractivity contribution is 0.750. The van der Waals surface area contributed by atoms with E-state index in [1.165, 1.54) is 12.8 Å². The van der Waals surface area contributed by atoms with Gasteiger partial charge < -0.3 is 9.88 Å². The van der Waals surface area contributed by atoms with Crippen LogP contribution in [0.2, 0.25) is 5.02 Å². The summed E-state index contributed by atoms with van der Waals surface area (Å²) in [5, 5.41) is 4.06. The van der Waals surface area contributed by atoms with Crippen LogP contribution >= 0.6 is 11.6 Å². The maximum absolute atomic E-state index is 6.23. The predicted molar refractivity (Wildman–Crippen MR) is 74.7 cm³/mol. The van der Waals surface area contributed by atoms with E-state index in [0.29, 0.717) is 6.04 Å². The van der Waals surface area contributed by atoms with Gasteiger partial charge in [0.05, 0.1) is 16.4 Å². The van der Waals surface area contributed by atoms with Gasteiger partial charge in [0, 0.05) is 12.2 Å². The Hall–Kier alpha value is -1.48. The Kier molecular flexibility index (Phi) is 2.78. The van der Waals surface area contributed by atoms with Crippen molar-refractivity contribution in [3.63, 3.8) is 0 Å². The SMILES string of the molecule is Cc1ccc(Nc2nc(C)cn2C2CC2)c(Cl)c1. The topological polar surface area (TPSA) is 29.9 Å². The van der Waals surface area contributed by atoms with Crippen LogP contribution in [-0.2, 0) is 0 Å². The summed E-state index contributed by atoms with van der Waals surface area (Å²) in [6.07, 6.45) is 4.58.